The van der Waals surface area contributed by atoms with Crippen molar-refractivity contribution in [3.63, 3.8) is 0 Å². The van der Waals surface area contributed by atoms with Gasteiger partial charge in [-0.3, -0.25) is 0 Å². The van der Waals surface area contributed by atoms with E-state index in [1.54, 1.807) is 0 Å². The van der Waals surface area contributed by atoms with Crippen LogP contribution in [0.2, 0.25) is 0 Å². The van der Waals surface area contributed by atoms with Crippen LogP contribution < -0.4 is 5.32 Å². The molecule has 1 saturated heterocycles. The topological polar surface area (TPSA) is 50.7 Å². The van der Waals surface area contributed by atoms with Crippen LogP contribution in [0, 0.1) is 11.8 Å². The molecule has 0 spiro atoms. The first-order valence-corrected chi connectivity index (χ1v) is 4.22. The predicted molar refractivity (Wildman–Crippen MR) is 43.6 cm³/mol. The lowest BCUT2D eigenvalue weighted by molar-refractivity contribution is -0.143. The van der Waals surface area contributed by atoms with Gasteiger partial charge in [-0.1, -0.05) is 19.0 Å². The summed E-state index contributed by atoms with van der Waals surface area (Å²) in [6.07, 6.45) is 0. The highest BCUT2D eigenvalue weighted by Crippen LogP contribution is 2.23. The van der Waals surface area contributed by atoms with Gasteiger partial charge in [-0.05, 0) is 5.92 Å². The fourth-order valence-electron chi connectivity index (χ4n) is 1.73. The van der Waals surface area contributed by atoms with Crippen molar-refractivity contribution in [1.82, 2.24) is 5.32 Å². The highest BCUT2D eigenvalue weighted by molar-refractivity contribution is 6.09. The normalized spacial score (nSPS) is 33.6. The monoisotopic (exact) mass is 168 g/mol. The van der Waals surface area contributed by atoms with Crippen LogP contribution in [0.15, 0.2) is 5.16 Å². The average molecular weight is 168 g/mol. The van der Waals surface area contributed by atoms with Crippen molar-refractivity contribution in [3.05, 3.63) is 0 Å². The van der Waals surface area contributed by atoms with Gasteiger partial charge in [0.2, 0.25) is 0 Å². The summed E-state index contributed by atoms with van der Waals surface area (Å²) < 4.78 is 0. The van der Waals surface area contributed by atoms with E-state index < -0.39 is 0 Å². The lowest BCUT2D eigenvalue weighted by Crippen LogP contribution is -2.32. The molecule has 2 rings (SSSR count). The second-order valence-corrected chi connectivity index (χ2v) is 3.61. The smallest absolute Gasteiger partial charge is 0.317 e. The highest BCUT2D eigenvalue weighted by atomic mass is 16.7. The maximum atomic E-state index is 11.0. The van der Waals surface area contributed by atoms with Crippen molar-refractivity contribution in [1.29, 1.82) is 0 Å². The lowest BCUT2D eigenvalue weighted by atomic mass is 9.96. The van der Waals surface area contributed by atoms with Gasteiger partial charge in [-0.25, -0.2) is 4.79 Å². The Labute approximate surface area is 71.0 Å². The quantitative estimate of drug-likeness (QED) is 0.567. The molecule has 0 bridgehead atoms. The molecule has 1 N–H and O–H groups in total. The van der Waals surface area contributed by atoms with Crippen LogP contribution in [-0.2, 0) is 9.63 Å². The first kappa shape index (κ1) is 7.73. The molecule has 2 heterocycles. The molecule has 2 aliphatic rings. The SMILES string of the molecule is CC(C)C1NCC2C(=O)ON=C21. The molecule has 12 heavy (non-hydrogen) atoms. The first-order valence-electron chi connectivity index (χ1n) is 4.22. The summed E-state index contributed by atoms with van der Waals surface area (Å²) in [6.45, 7) is 4.89. The summed E-state index contributed by atoms with van der Waals surface area (Å²) in [6, 6.07) is 0.224. The second kappa shape index (κ2) is 2.55. The number of oxime groups is 1. The summed E-state index contributed by atoms with van der Waals surface area (Å²) in [4.78, 5) is 15.7. The summed E-state index contributed by atoms with van der Waals surface area (Å²) in [5.41, 5.74) is 0.884. The predicted octanol–water partition coefficient (Wildman–Crippen LogP) is 0.143. The van der Waals surface area contributed by atoms with Gasteiger partial charge in [0.05, 0.1) is 11.8 Å². The summed E-state index contributed by atoms with van der Waals surface area (Å²) in [5.74, 6) is 0.140. The molecule has 0 aliphatic carbocycles. The van der Waals surface area contributed by atoms with E-state index in [9.17, 15) is 4.79 Å². The third-order valence-electron chi connectivity index (χ3n) is 2.41. The molecule has 2 atom stereocenters. The maximum Gasteiger partial charge on any atom is 0.345 e. The molecule has 66 valence electrons. The van der Waals surface area contributed by atoms with Crippen LogP contribution in [0.25, 0.3) is 0 Å². The summed E-state index contributed by atoms with van der Waals surface area (Å²) >= 11 is 0. The van der Waals surface area contributed by atoms with Gasteiger partial charge in [0.15, 0.2) is 0 Å². The minimum atomic E-state index is -0.208. The molecule has 0 aromatic carbocycles. The molecule has 0 aromatic rings. The van der Waals surface area contributed by atoms with Crippen LogP contribution in [0.5, 0.6) is 0 Å². The number of nitrogens with zero attached hydrogens (tertiary/aromatic N) is 1. The van der Waals surface area contributed by atoms with Crippen molar-refractivity contribution in [2.45, 2.75) is 19.9 Å². The number of rotatable bonds is 1. The minimum Gasteiger partial charge on any atom is -0.317 e. The van der Waals surface area contributed by atoms with E-state index in [0.29, 0.717) is 12.5 Å². The minimum absolute atomic E-state index is 0.114. The Morgan fingerprint density at radius 1 is 1.67 bits per heavy atom. The van der Waals surface area contributed by atoms with Crippen molar-refractivity contribution in [3.8, 4) is 0 Å². The molecule has 4 nitrogen and oxygen atoms in total. The number of nitrogens with one attached hydrogen (secondary N) is 1. The van der Waals surface area contributed by atoms with Crippen molar-refractivity contribution >= 4 is 11.7 Å². The molecule has 2 unspecified atom stereocenters. The maximum absolute atomic E-state index is 11.0. The molecular formula is C8H12N2O2. The Morgan fingerprint density at radius 2 is 2.42 bits per heavy atom. The number of fused-ring (bicyclic) bond motifs is 1. The van der Waals surface area contributed by atoms with Gasteiger partial charge in [0.25, 0.3) is 0 Å². The van der Waals surface area contributed by atoms with Crippen LogP contribution >= 0.6 is 0 Å². The Bertz CT molecular complexity index is 247. The summed E-state index contributed by atoms with van der Waals surface area (Å²) in [7, 11) is 0. The van der Waals surface area contributed by atoms with Crippen LogP contribution in [-0.4, -0.2) is 24.3 Å². The average Bonchev–Trinajstić information content (AvgIpc) is 2.53. The molecular weight excluding hydrogens is 156 g/mol. The van der Waals surface area contributed by atoms with Crippen LogP contribution in [0.4, 0.5) is 0 Å². The highest BCUT2D eigenvalue weighted by Gasteiger charge is 2.43. The molecule has 0 radical (unpaired) electrons. The Balaban J connectivity index is 2.20. The van der Waals surface area contributed by atoms with E-state index in [-0.39, 0.29) is 17.9 Å². The molecule has 0 saturated carbocycles. The van der Waals surface area contributed by atoms with E-state index in [1.165, 1.54) is 0 Å². The standard InChI is InChI=1S/C8H12N2O2/c1-4(2)6-7-5(3-9-6)8(11)12-10-7/h4-6,9H,3H2,1-2H3. The van der Waals surface area contributed by atoms with Gasteiger partial charge in [-0.2, -0.15) is 0 Å². The fraction of sp³-hybridized carbons (Fsp3) is 0.750. The zero-order valence-electron chi connectivity index (χ0n) is 7.20. The molecule has 0 aromatic heterocycles. The van der Waals surface area contributed by atoms with Gasteiger partial charge in [0.1, 0.15) is 5.92 Å². The van der Waals surface area contributed by atoms with Crippen LogP contribution in [0.1, 0.15) is 13.8 Å². The van der Waals surface area contributed by atoms with Crippen molar-refractivity contribution < 1.29 is 9.63 Å². The largest absolute Gasteiger partial charge is 0.345 e. The van der Waals surface area contributed by atoms with E-state index in [2.05, 4.69) is 29.2 Å². The number of hydrogen-bond acceptors (Lipinski definition) is 4. The van der Waals surface area contributed by atoms with Gasteiger partial charge >= 0.3 is 5.97 Å². The Hall–Kier alpha value is -0.900. The van der Waals surface area contributed by atoms with Gasteiger partial charge in [0, 0.05) is 6.54 Å². The first-order chi connectivity index (χ1) is 5.70. The molecule has 1 fully saturated rings. The van der Waals surface area contributed by atoms with E-state index in [0.717, 1.165) is 5.71 Å². The third-order valence-corrected chi connectivity index (χ3v) is 2.41. The molecule has 0 amide bonds. The van der Waals surface area contributed by atoms with Gasteiger partial charge in [-0.15, -0.1) is 0 Å². The Kier molecular flexibility index (Phi) is 1.65. The van der Waals surface area contributed by atoms with Crippen molar-refractivity contribution in [2.24, 2.45) is 17.0 Å². The summed E-state index contributed by atoms with van der Waals surface area (Å²) in [5, 5.41) is 7.04. The van der Waals surface area contributed by atoms with E-state index in [4.69, 9.17) is 0 Å². The van der Waals surface area contributed by atoms with Gasteiger partial charge < -0.3 is 10.2 Å². The number of carbonyl (C=O) groups is 1. The Morgan fingerprint density at radius 3 is 3.08 bits per heavy atom. The lowest BCUT2D eigenvalue weighted by Gasteiger charge is -2.13. The van der Waals surface area contributed by atoms with E-state index >= 15 is 0 Å². The molecule has 2 aliphatic heterocycles. The van der Waals surface area contributed by atoms with E-state index in [1.807, 2.05) is 0 Å². The zero-order chi connectivity index (χ0) is 8.72. The number of carbonyl (C=O) groups excluding carboxylic acids is 1. The third kappa shape index (κ3) is 0.948. The van der Waals surface area contributed by atoms with Crippen LogP contribution in [0.3, 0.4) is 0 Å². The number of hydrogen-bond donors (Lipinski definition) is 1. The zero-order valence-corrected chi connectivity index (χ0v) is 7.20. The molecule has 4 heteroatoms. The van der Waals surface area contributed by atoms with Crippen molar-refractivity contribution in [2.75, 3.05) is 6.54 Å². The second-order valence-electron chi connectivity index (χ2n) is 3.61. The fourth-order valence-corrected chi connectivity index (χ4v) is 1.73.